The summed E-state index contributed by atoms with van der Waals surface area (Å²) in [6.45, 7) is 1.90. The van der Waals surface area contributed by atoms with E-state index in [0.29, 0.717) is 11.3 Å². The van der Waals surface area contributed by atoms with E-state index in [1.807, 2.05) is 25.1 Å². The second-order valence-corrected chi connectivity index (χ2v) is 9.08. The van der Waals surface area contributed by atoms with Crippen LogP contribution in [0.1, 0.15) is 37.9 Å². The molecule has 0 saturated carbocycles. The number of nitrogens with zero attached hydrogens (tertiary/aromatic N) is 1. The van der Waals surface area contributed by atoms with Crippen molar-refractivity contribution in [1.82, 2.24) is 0 Å². The quantitative estimate of drug-likeness (QED) is 0.431. The van der Waals surface area contributed by atoms with Crippen molar-refractivity contribution < 1.29 is 28.7 Å². The van der Waals surface area contributed by atoms with E-state index in [-0.39, 0.29) is 16.8 Å². The number of aryl methyl sites for hydroxylation is 1. The van der Waals surface area contributed by atoms with Gasteiger partial charge in [0.25, 0.3) is 0 Å². The van der Waals surface area contributed by atoms with Gasteiger partial charge in [-0.15, -0.1) is 0 Å². The average Bonchev–Trinajstić information content (AvgIpc) is 3.44. The molecule has 0 unspecified atom stereocenters. The van der Waals surface area contributed by atoms with Crippen LogP contribution in [0, 0.1) is 18.8 Å². The first-order valence-electron chi connectivity index (χ1n) is 11.3. The number of ether oxygens (including phenoxy) is 2. The normalized spacial score (nSPS) is 24.3. The lowest BCUT2D eigenvalue weighted by molar-refractivity contribution is -0.127. The maximum atomic E-state index is 14.0. The first-order valence-corrected chi connectivity index (χ1v) is 11.3. The molecule has 2 fully saturated rings. The van der Waals surface area contributed by atoms with E-state index >= 15 is 0 Å². The molecule has 2 heterocycles. The molecule has 2 saturated heterocycles. The standard InChI is InChI=1S/C28H21NO6/c1-15-8-7-9-16(14-15)23-21-22(27(33)29(26(21)32)19-12-5-6-13-20(19)34-2)28(35-23)24(30)17-10-3-4-11-18(17)25(28)31/h3-14,21-23H,1-2H3/t21-,22+,23+/m0/s1. The van der Waals surface area contributed by atoms with Crippen LogP contribution in [-0.2, 0) is 14.3 Å². The summed E-state index contributed by atoms with van der Waals surface area (Å²) in [5, 5.41) is 0. The lowest BCUT2D eigenvalue weighted by atomic mass is 9.77. The Morgan fingerprint density at radius 3 is 2.14 bits per heavy atom. The molecule has 3 aromatic rings. The number of carbonyl (C=O) groups is 4. The topological polar surface area (TPSA) is 90.0 Å². The highest BCUT2D eigenvalue weighted by molar-refractivity contribution is 6.37. The van der Waals surface area contributed by atoms with Crippen LogP contribution < -0.4 is 9.64 Å². The third kappa shape index (κ3) is 2.70. The van der Waals surface area contributed by atoms with Crippen molar-refractivity contribution in [2.24, 2.45) is 11.8 Å². The van der Waals surface area contributed by atoms with Gasteiger partial charge in [0, 0.05) is 11.1 Å². The molecule has 0 radical (unpaired) electrons. The van der Waals surface area contributed by atoms with Gasteiger partial charge in [0.15, 0.2) is 0 Å². The summed E-state index contributed by atoms with van der Waals surface area (Å²) in [5.74, 6) is -4.32. The van der Waals surface area contributed by atoms with Crippen LogP contribution in [0.5, 0.6) is 5.75 Å². The fourth-order valence-corrected chi connectivity index (χ4v) is 5.72. The minimum atomic E-state index is -2.09. The lowest BCUT2D eigenvalue weighted by Crippen LogP contribution is -2.51. The van der Waals surface area contributed by atoms with Crippen molar-refractivity contribution in [3.05, 3.63) is 95.1 Å². The predicted octanol–water partition coefficient (Wildman–Crippen LogP) is 3.70. The summed E-state index contributed by atoms with van der Waals surface area (Å²) in [7, 11) is 1.45. The Hall–Kier alpha value is -4.10. The molecule has 0 aromatic heterocycles. The third-order valence-corrected chi connectivity index (χ3v) is 7.22. The minimum absolute atomic E-state index is 0.206. The number of anilines is 1. The van der Waals surface area contributed by atoms with Crippen molar-refractivity contribution in [1.29, 1.82) is 0 Å². The zero-order valence-corrected chi connectivity index (χ0v) is 19.1. The largest absolute Gasteiger partial charge is 0.495 e. The van der Waals surface area contributed by atoms with Gasteiger partial charge in [-0.1, -0.05) is 66.2 Å². The van der Waals surface area contributed by atoms with Gasteiger partial charge in [-0.05, 0) is 24.6 Å². The third-order valence-electron chi connectivity index (χ3n) is 7.22. The van der Waals surface area contributed by atoms with Crippen molar-refractivity contribution >= 4 is 29.1 Å². The number of benzene rings is 3. The number of fused-ring (bicyclic) bond motifs is 3. The van der Waals surface area contributed by atoms with Gasteiger partial charge in [-0.2, -0.15) is 0 Å². The van der Waals surface area contributed by atoms with E-state index in [0.717, 1.165) is 10.5 Å². The highest BCUT2D eigenvalue weighted by Crippen LogP contribution is 2.58. The predicted molar refractivity (Wildman–Crippen MR) is 125 cm³/mol. The van der Waals surface area contributed by atoms with E-state index < -0.39 is 46.9 Å². The average molecular weight is 467 g/mol. The zero-order valence-electron chi connectivity index (χ0n) is 19.1. The SMILES string of the molecule is COc1ccccc1N1C(=O)[C@@H]2[C@@H](c3cccc(C)c3)OC3(C(=O)c4ccccc4C3=O)[C@H]2C1=O. The van der Waals surface area contributed by atoms with Crippen LogP contribution in [0.4, 0.5) is 5.69 Å². The molecule has 6 rings (SSSR count). The van der Waals surface area contributed by atoms with Crippen LogP contribution in [0.25, 0.3) is 0 Å². The molecule has 2 amide bonds. The fraction of sp³-hybridized carbons (Fsp3) is 0.214. The minimum Gasteiger partial charge on any atom is -0.495 e. The lowest BCUT2D eigenvalue weighted by Gasteiger charge is -2.27. The Labute approximate surface area is 201 Å². The van der Waals surface area contributed by atoms with Gasteiger partial charge in [-0.25, -0.2) is 4.90 Å². The molecule has 7 heteroatoms. The highest BCUT2D eigenvalue weighted by Gasteiger charge is 2.74. The number of para-hydroxylation sites is 2. The number of hydrogen-bond acceptors (Lipinski definition) is 6. The number of methoxy groups -OCH3 is 1. The van der Waals surface area contributed by atoms with E-state index in [2.05, 4.69) is 0 Å². The van der Waals surface area contributed by atoms with Crippen LogP contribution >= 0.6 is 0 Å². The summed E-state index contributed by atoms with van der Waals surface area (Å²) in [4.78, 5) is 56.5. The first kappa shape index (κ1) is 21.4. The summed E-state index contributed by atoms with van der Waals surface area (Å²) in [6, 6.07) is 20.5. The van der Waals surface area contributed by atoms with Gasteiger partial charge in [-0.3, -0.25) is 19.2 Å². The van der Waals surface area contributed by atoms with Gasteiger partial charge in [0.1, 0.15) is 5.75 Å². The maximum absolute atomic E-state index is 14.0. The number of rotatable bonds is 3. The Morgan fingerprint density at radius 1 is 0.829 bits per heavy atom. The molecule has 1 spiro atoms. The second-order valence-electron chi connectivity index (χ2n) is 9.08. The van der Waals surface area contributed by atoms with Gasteiger partial charge < -0.3 is 9.47 Å². The maximum Gasteiger partial charge on any atom is 0.241 e. The molecule has 7 nitrogen and oxygen atoms in total. The molecule has 1 aliphatic carbocycles. The molecule has 174 valence electrons. The Bertz CT molecular complexity index is 1410. The summed E-state index contributed by atoms with van der Waals surface area (Å²) < 4.78 is 11.7. The Kier molecular flexibility index (Phi) is 4.56. The number of hydrogen-bond donors (Lipinski definition) is 0. The van der Waals surface area contributed by atoms with Crippen LogP contribution in [0.3, 0.4) is 0 Å². The number of imide groups is 1. The first-order chi connectivity index (χ1) is 16.9. The summed E-state index contributed by atoms with van der Waals surface area (Å²) in [6.07, 6.45) is -0.946. The van der Waals surface area contributed by atoms with Crippen molar-refractivity contribution in [3.63, 3.8) is 0 Å². The molecular formula is C28H21NO6. The van der Waals surface area contributed by atoms with Crippen molar-refractivity contribution in [2.75, 3.05) is 12.0 Å². The van der Waals surface area contributed by atoms with Crippen LogP contribution in [-0.4, -0.2) is 36.1 Å². The molecule has 2 aliphatic heterocycles. The monoisotopic (exact) mass is 467 g/mol. The molecule has 35 heavy (non-hydrogen) atoms. The number of Topliss-reactive ketones (excluding diaryl/α,β-unsaturated/α-hetero) is 2. The summed E-state index contributed by atoms with van der Waals surface area (Å²) in [5.41, 5.74) is 0.153. The molecule has 3 aromatic carbocycles. The molecular weight excluding hydrogens is 446 g/mol. The Balaban J connectivity index is 1.56. The fourth-order valence-electron chi connectivity index (χ4n) is 5.72. The zero-order chi connectivity index (χ0) is 24.5. The van der Waals surface area contributed by atoms with Gasteiger partial charge in [0.05, 0.1) is 30.7 Å². The Morgan fingerprint density at radius 2 is 1.49 bits per heavy atom. The second kappa shape index (κ2) is 7.45. The van der Waals surface area contributed by atoms with E-state index in [9.17, 15) is 19.2 Å². The smallest absolute Gasteiger partial charge is 0.241 e. The highest BCUT2D eigenvalue weighted by atomic mass is 16.5. The number of ketones is 2. The van der Waals surface area contributed by atoms with Crippen LogP contribution in [0.2, 0.25) is 0 Å². The van der Waals surface area contributed by atoms with Gasteiger partial charge >= 0.3 is 0 Å². The van der Waals surface area contributed by atoms with E-state index in [1.165, 1.54) is 7.11 Å². The number of amides is 2. The van der Waals surface area contributed by atoms with Gasteiger partial charge in [0.2, 0.25) is 29.0 Å². The van der Waals surface area contributed by atoms with Crippen molar-refractivity contribution in [2.45, 2.75) is 18.6 Å². The molecule has 3 atom stereocenters. The number of carbonyl (C=O) groups excluding carboxylic acids is 4. The van der Waals surface area contributed by atoms with Crippen molar-refractivity contribution in [3.8, 4) is 5.75 Å². The van der Waals surface area contributed by atoms with E-state index in [1.54, 1.807) is 54.6 Å². The summed E-state index contributed by atoms with van der Waals surface area (Å²) >= 11 is 0. The molecule has 0 bridgehead atoms. The van der Waals surface area contributed by atoms with E-state index in [4.69, 9.17) is 9.47 Å². The molecule has 0 N–H and O–H groups in total. The molecule has 3 aliphatic rings. The van der Waals surface area contributed by atoms with Crippen LogP contribution in [0.15, 0.2) is 72.8 Å².